The van der Waals surface area contributed by atoms with E-state index in [1.807, 2.05) is 0 Å². The van der Waals surface area contributed by atoms with Crippen LogP contribution in [0.25, 0.3) is 0 Å². The van der Waals surface area contributed by atoms with E-state index in [0.717, 1.165) is 30.6 Å². The summed E-state index contributed by atoms with van der Waals surface area (Å²) in [7, 11) is 0. The number of nitrogens with zero attached hydrogens (tertiary/aromatic N) is 1. The van der Waals surface area contributed by atoms with Crippen LogP contribution >= 0.6 is 0 Å². The van der Waals surface area contributed by atoms with Gasteiger partial charge in [-0.2, -0.15) is 0 Å². The monoisotopic (exact) mass is 384 g/mol. The second-order valence-corrected chi connectivity index (χ2v) is 7.77. The number of anilines is 1. The Labute approximate surface area is 163 Å². The molecule has 0 bridgehead atoms. The molecule has 0 aromatic heterocycles. The molecular weight excluding hydrogens is 360 g/mol. The first-order valence-electron chi connectivity index (χ1n) is 9.82. The summed E-state index contributed by atoms with van der Waals surface area (Å²) in [5, 5.41) is 8.44. The summed E-state index contributed by atoms with van der Waals surface area (Å²) >= 11 is 0. The van der Waals surface area contributed by atoms with Crippen LogP contribution in [-0.2, 0) is 9.59 Å². The molecule has 1 aromatic rings. The molecule has 3 N–H and O–H groups in total. The van der Waals surface area contributed by atoms with Crippen molar-refractivity contribution in [1.29, 1.82) is 0 Å². The summed E-state index contributed by atoms with van der Waals surface area (Å²) < 4.78 is 0. The topological polar surface area (TPSA) is 108 Å². The predicted octanol–water partition coefficient (Wildman–Crippen LogP) is 1.77. The van der Waals surface area contributed by atoms with Gasteiger partial charge >= 0.3 is 6.03 Å². The van der Waals surface area contributed by atoms with Crippen molar-refractivity contribution in [2.24, 2.45) is 0 Å². The minimum Gasteiger partial charge on any atom is -0.349 e. The Balaban J connectivity index is 1.36. The number of carbonyl (C=O) groups excluding carboxylic acids is 4. The normalized spacial score (nSPS) is 20.4. The average Bonchev–Trinajstić information content (AvgIpc) is 3.30. The van der Waals surface area contributed by atoms with E-state index in [0.29, 0.717) is 24.1 Å². The molecule has 4 rings (SSSR count). The maximum absolute atomic E-state index is 12.6. The van der Waals surface area contributed by atoms with Gasteiger partial charge in [-0.25, -0.2) is 4.79 Å². The van der Waals surface area contributed by atoms with Crippen LogP contribution in [0, 0.1) is 0 Å². The minimum atomic E-state index is -0.763. The van der Waals surface area contributed by atoms with Gasteiger partial charge in [-0.3, -0.25) is 19.3 Å². The number of carbonyl (C=O) groups is 4. The molecule has 5 amide bonds. The van der Waals surface area contributed by atoms with Crippen LogP contribution in [-0.4, -0.2) is 46.8 Å². The van der Waals surface area contributed by atoms with Crippen molar-refractivity contribution in [3.63, 3.8) is 0 Å². The van der Waals surface area contributed by atoms with Crippen molar-refractivity contribution in [3.8, 4) is 0 Å². The van der Waals surface area contributed by atoms with Crippen LogP contribution in [0.4, 0.5) is 10.5 Å². The molecule has 2 saturated carbocycles. The molecule has 1 aromatic carbocycles. The Bertz CT molecular complexity index is 827. The van der Waals surface area contributed by atoms with Crippen LogP contribution in [0.3, 0.4) is 0 Å². The maximum Gasteiger partial charge on any atom is 0.325 e. The SMILES string of the molecule is O=C(CCN1C(=O)NC2(CCCC2)C1=O)Nc1ccccc1C(=O)NC1CC1. The lowest BCUT2D eigenvalue weighted by molar-refractivity contribution is -0.131. The number of hydrogen-bond acceptors (Lipinski definition) is 4. The van der Waals surface area contributed by atoms with Gasteiger partial charge < -0.3 is 16.0 Å². The summed E-state index contributed by atoms with van der Waals surface area (Å²) in [6.07, 6.45) is 5.09. The zero-order chi connectivity index (χ0) is 19.7. The molecule has 28 heavy (non-hydrogen) atoms. The highest BCUT2D eigenvalue weighted by Gasteiger charge is 2.52. The average molecular weight is 384 g/mol. The molecule has 1 spiro atoms. The van der Waals surface area contributed by atoms with Crippen molar-refractivity contribution in [2.45, 2.75) is 56.5 Å². The molecule has 2 aliphatic carbocycles. The Morgan fingerprint density at radius 2 is 1.86 bits per heavy atom. The lowest BCUT2D eigenvalue weighted by atomic mass is 9.98. The molecule has 3 aliphatic rings. The molecule has 0 unspecified atom stereocenters. The van der Waals surface area contributed by atoms with Gasteiger partial charge in [0.25, 0.3) is 11.8 Å². The summed E-state index contributed by atoms with van der Waals surface area (Å²) in [5.74, 6) is -0.790. The number of imide groups is 1. The molecular formula is C20H24N4O4. The van der Waals surface area contributed by atoms with Crippen molar-refractivity contribution in [2.75, 3.05) is 11.9 Å². The smallest absolute Gasteiger partial charge is 0.325 e. The van der Waals surface area contributed by atoms with E-state index in [1.165, 1.54) is 0 Å². The molecule has 1 heterocycles. The summed E-state index contributed by atoms with van der Waals surface area (Å²) in [4.78, 5) is 50.7. The quantitative estimate of drug-likeness (QED) is 0.650. The Hall–Kier alpha value is -2.90. The van der Waals surface area contributed by atoms with Crippen LogP contribution in [0.5, 0.6) is 0 Å². The number of urea groups is 1. The second kappa shape index (κ2) is 7.26. The van der Waals surface area contributed by atoms with Crippen molar-refractivity contribution < 1.29 is 19.2 Å². The number of nitrogens with one attached hydrogen (secondary N) is 3. The Kier molecular flexibility index (Phi) is 4.78. The molecule has 1 aliphatic heterocycles. The fraction of sp³-hybridized carbons (Fsp3) is 0.500. The van der Waals surface area contributed by atoms with Gasteiger partial charge in [-0.05, 0) is 37.8 Å². The van der Waals surface area contributed by atoms with Gasteiger partial charge in [-0.1, -0.05) is 25.0 Å². The van der Waals surface area contributed by atoms with Gasteiger partial charge in [0.2, 0.25) is 5.91 Å². The maximum atomic E-state index is 12.6. The van der Waals surface area contributed by atoms with E-state index in [4.69, 9.17) is 0 Å². The van der Waals surface area contributed by atoms with E-state index in [1.54, 1.807) is 24.3 Å². The van der Waals surface area contributed by atoms with Gasteiger partial charge in [0.05, 0.1) is 11.3 Å². The van der Waals surface area contributed by atoms with Crippen LogP contribution in [0.2, 0.25) is 0 Å². The zero-order valence-corrected chi connectivity index (χ0v) is 15.6. The number of amides is 5. The van der Waals surface area contributed by atoms with Crippen LogP contribution in [0.1, 0.15) is 55.3 Å². The molecule has 8 heteroatoms. The molecule has 3 fully saturated rings. The lowest BCUT2D eigenvalue weighted by Crippen LogP contribution is -2.44. The number of hydrogen-bond donors (Lipinski definition) is 3. The third-order valence-corrected chi connectivity index (χ3v) is 5.62. The standard InChI is InChI=1S/C20H24N4O4/c25-16(9-12-24-18(27)20(23-19(24)28)10-3-4-11-20)22-15-6-2-1-5-14(15)17(26)21-13-7-8-13/h1-2,5-6,13H,3-4,7-12H2,(H,21,26)(H,22,25)(H,23,28). The number of para-hydroxylation sites is 1. The van der Waals surface area contributed by atoms with Crippen molar-refractivity contribution in [1.82, 2.24) is 15.5 Å². The van der Waals surface area contributed by atoms with E-state index in [-0.39, 0.29) is 36.7 Å². The highest BCUT2D eigenvalue weighted by atomic mass is 16.2. The minimum absolute atomic E-state index is 0.0200. The first kappa shape index (κ1) is 18.5. The van der Waals surface area contributed by atoms with Gasteiger partial charge in [0.1, 0.15) is 5.54 Å². The van der Waals surface area contributed by atoms with Crippen molar-refractivity contribution in [3.05, 3.63) is 29.8 Å². The first-order chi connectivity index (χ1) is 13.5. The lowest BCUT2D eigenvalue weighted by Gasteiger charge is -2.20. The van der Waals surface area contributed by atoms with E-state index in [2.05, 4.69) is 16.0 Å². The van der Waals surface area contributed by atoms with E-state index >= 15 is 0 Å². The van der Waals surface area contributed by atoms with Crippen molar-refractivity contribution >= 4 is 29.4 Å². The van der Waals surface area contributed by atoms with Crippen LogP contribution < -0.4 is 16.0 Å². The Morgan fingerprint density at radius 3 is 2.57 bits per heavy atom. The summed E-state index contributed by atoms with van der Waals surface area (Å²) in [6.45, 7) is 0.0225. The van der Waals surface area contributed by atoms with Crippen LogP contribution in [0.15, 0.2) is 24.3 Å². The summed E-state index contributed by atoms with van der Waals surface area (Å²) in [6, 6.07) is 6.61. The second-order valence-electron chi connectivity index (χ2n) is 7.77. The van der Waals surface area contributed by atoms with Gasteiger partial charge in [0, 0.05) is 19.0 Å². The van der Waals surface area contributed by atoms with Gasteiger partial charge in [-0.15, -0.1) is 0 Å². The van der Waals surface area contributed by atoms with E-state index in [9.17, 15) is 19.2 Å². The largest absolute Gasteiger partial charge is 0.349 e. The highest BCUT2D eigenvalue weighted by Crippen LogP contribution is 2.35. The fourth-order valence-electron chi connectivity index (χ4n) is 3.90. The van der Waals surface area contributed by atoms with Gasteiger partial charge in [0.15, 0.2) is 0 Å². The molecule has 0 radical (unpaired) electrons. The fourth-order valence-corrected chi connectivity index (χ4v) is 3.90. The molecule has 148 valence electrons. The highest BCUT2D eigenvalue weighted by molar-refractivity contribution is 6.08. The predicted molar refractivity (Wildman–Crippen MR) is 102 cm³/mol. The third-order valence-electron chi connectivity index (χ3n) is 5.62. The third kappa shape index (κ3) is 3.58. The molecule has 8 nitrogen and oxygen atoms in total. The number of rotatable bonds is 6. The Morgan fingerprint density at radius 1 is 1.14 bits per heavy atom. The molecule has 0 atom stereocenters. The molecule has 1 saturated heterocycles. The number of benzene rings is 1. The van der Waals surface area contributed by atoms with E-state index < -0.39 is 11.6 Å². The zero-order valence-electron chi connectivity index (χ0n) is 15.6. The first-order valence-corrected chi connectivity index (χ1v) is 9.82. The summed E-state index contributed by atoms with van der Waals surface area (Å²) in [5.41, 5.74) is 0.0684.